The number of amides is 1. The lowest BCUT2D eigenvalue weighted by Gasteiger charge is -2.01. The fourth-order valence-electron chi connectivity index (χ4n) is 1.99. The molecule has 0 fully saturated rings. The summed E-state index contributed by atoms with van der Waals surface area (Å²) in [5, 5.41) is 2.38. The number of hydrogen-bond donors (Lipinski definition) is 0. The van der Waals surface area contributed by atoms with Crippen molar-refractivity contribution in [2.45, 2.75) is 84.0 Å². The van der Waals surface area contributed by atoms with Crippen molar-refractivity contribution in [3.8, 4) is 0 Å². The minimum Gasteiger partial charge on any atom is -0.269 e. The molecule has 100 valence electrons. The molecule has 0 aromatic carbocycles. The third-order valence-corrected chi connectivity index (χ3v) is 3.10. The Labute approximate surface area is 105 Å². The Kier molecular flexibility index (Phi) is 12.8. The smallest absolute Gasteiger partial charge is 0.269 e. The number of hydrogen-bond acceptors (Lipinski definition) is 2. The lowest BCUT2D eigenvalue weighted by atomic mass is 10.1. The molecule has 0 unspecified atom stereocenters. The molecule has 0 heterocycles. The number of unbranched alkanes of at least 4 members (excludes halogenated alkanes) is 10. The first-order valence-corrected chi connectivity index (χ1v) is 7.17. The normalized spacial score (nSPS) is 10.4. The van der Waals surface area contributed by atoms with E-state index in [1.807, 2.05) is 0 Å². The zero-order valence-corrected chi connectivity index (χ0v) is 11.2. The van der Waals surface area contributed by atoms with Crippen molar-refractivity contribution in [2.24, 2.45) is 5.18 Å². The van der Waals surface area contributed by atoms with E-state index in [0.717, 1.165) is 12.8 Å². The van der Waals surface area contributed by atoms with Crippen molar-refractivity contribution in [2.75, 3.05) is 0 Å². The molecular weight excluding hydrogens is 214 g/mol. The number of nitrogens with zero attached hydrogens (tertiary/aromatic N) is 1. The fourth-order valence-corrected chi connectivity index (χ4v) is 1.99. The van der Waals surface area contributed by atoms with Crippen LogP contribution >= 0.6 is 0 Å². The van der Waals surface area contributed by atoms with Gasteiger partial charge >= 0.3 is 0 Å². The minimum absolute atomic E-state index is 0.334. The number of nitroso groups, excluding NO2 is 1. The summed E-state index contributed by atoms with van der Waals surface area (Å²) >= 11 is 0. The SMILES string of the molecule is CCCCCCCCCCCCCC(=O)N=O. The molecule has 3 nitrogen and oxygen atoms in total. The van der Waals surface area contributed by atoms with Gasteiger partial charge in [0.1, 0.15) is 0 Å². The van der Waals surface area contributed by atoms with Crippen LogP contribution in [0.3, 0.4) is 0 Å². The van der Waals surface area contributed by atoms with Gasteiger partial charge in [-0.05, 0) is 6.42 Å². The van der Waals surface area contributed by atoms with E-state index in [4.69, 9.17) is 0 Å². The first-order chi connectivity index (χ1) is 8.31. The van der Waals surface area contributed by atoms with Crippen LogP contribution in [0.25, 0.3) is 0 Å². The van der Waals surface area contributed by atoms with E-state index in [-0.39, 0.29) is 0 Å². The van der Waals surface area contributed by atoms with Gasteiger partial charge in [-0.25, -0.2) is 0 Å². The summed E-state index contributed by atoms with van der Waals surface area (Å²) in [6.45, 7) is 2.24. The summed E-state index contributed by atoms with van der Waals surface area (Å²) in [5.41, 5.74) is 0. The molecular formula is C14H27NO2. The molecule has 0 aliphatic heterocycles. The maximum Gasteiger partial charge on any atom is 0.286 e. The van der Waals surface area contributed by atoms with Crippen LogP contribution in [0.15, 0.2) is 5.18 Å². The highest BCUT2D eigenvalue weighted by molar-refractivity contribution is 5.76. The van der Waals surface area contributed by atoms with Gasteiger partial charge in [0.15, 0.2) is 0 Å². The number of carbonyl (C=O) groups excluding carboxylic acids is 1. The summed E-state index contributed by atoms with van der Waals surface area (Å²) in [6.07, 6.45) is 14.1. The second-order valence-corrected chi connectivity index (χ2v) is 4.77. The Balaban J connectivity index is 2.98. The van der Waals surface area contributed by atoms with Gasteiger partial charge in [-0.3, -0.25) is 4.79 Å². The minimum atomic E-state index is -0.499. The van der Waals surface area contributed by atoms with E-state index in [2.05, 4.69) is 12.1 Å². The van der Waals surface area contributed by atoms with Gasteiger partial charge in [0, 0.05) is 11.6 Å². The van der Waals surface area contributed by atoms with Gasteiger partial charge in [0.25, 0.3) is 5.91 Å². The Hall–Kier alpha value is -0.730. The lowest BCUT2D eigenvalue weighted by molar-refractivity contribution is -0.118. The van der Waals surface area contributed by atoms with Crippen LogP contribution < -0.4 is 0 Å². The Bertz CT molecular complexity index is 193. The van der Waals surface area contributed by atoms with E-state index in [9.17, 15) is 9.70 Å². The molecule has 0 aromatic heterocycles. The van der Waals surface area contributed by atoms with Crippen LogP contribution in [-0.2, 0) is 4.79 Å². The molecule has 1 amide bonds. The largest absolute Gasteiger partial charge is 0.286 e. The van der Waals surface area contributed by atoms with Crippen molar-refractivity contribution in [1.82, 2.24) is 0 Å². The third-order valence-electron chi connectivity index (χ3n) is 3.10. The van der Waals surface area contributed by atoms with E-state index in [1.165, 1.54) is 57.8 Å². The van der Waals surface area contributed by atoms with Crippen molar-refractivity contribution < 1.29 is 4.79 Å². The van der Waals surface area contributed by atoms with Crippen LogP contribution in [-0.4, -0.2) is 5.91 Å². The molecule has 0 saturated heterocycles. The predicted molar refractivity (Wildman–Crippen MR) is 71.9 cm³/mol. The molecule has 0 spiro atoms. The summed E-state index contributed by atoms with van der Waals surface area (Å²) in [6, 6.07) is 0. The predicted octanol–water partition coefficient (Wildman–Crippen LogP) is 4.98. The Morgan fingerprint density at radius 1 is 0.765 bits per heavy atom. The summed E-state index contributed by atoms with van der Waals surface area (Å²) in [4.78, 5) is 20.4. The molecule has 0 rings (SSSR count). The van der Waals surface area contributed by atoms with Crippen LogP contribution in [0.5, 0.6) is 0 Å². The molecule has 0 aromatic rings. The van der Waals surface area contributed by atoms with Gasteiger partial charge in [-0.15, -0.1) is 4.91 Å². The Morgan fingerprint density at radius 3 is 1.59 bits per heavy atom. The molecule has 0 aliphatic carbocycles. The standard InChI is InChI=1S/C14H27NO2/c1-2-3-4-5-6-7-8-9-10-11-12-13-14(16)15-17/h2-13H2,1H3. The molecule has 0 N–H and O–H groups in total. The van der Waals surface area contributed by atoms with Crippen LogP contribution in [0, 0.1) is 4.91 Å². The van der Waals surface area contributed by atoms with E-state index in [0.29, 0.717) is 6.42 Å². The summed E-state index contributed by atoms with van der Waals surface area (Å²) in [5.74, 6) is -0.499. The van der Waals surface area contributed by atoms with Gasteiger partial charge < -0.3 is 0 Å². The zero-order chi connectivity index (χ0) is 12.8. The molecule has 0 radical (unpaired) electrons. The summed E-state index contributed by atoms with van der Waals surface area (Å²) in [7, 11) is 0. The molecule has 3 heteroatoms. The van der Waals surface area contributed by atoms with Crippen LogP contribution in [0.4, 0.5) is 0 Å². The Morgan fingerprint density at radius 2 is 1.18 bits per heavy atom. The maximum absolute atomic E-state index is 10.6. The van der Waals surface area contributed by atoms with Crippen molar-refractivity contribution >= 4 is 5.91 Å². The summed E-state index contributed by atoms with van der Waals surface area (Å²) < 4.78 is 0. The molecule has 17 heavy (non-hydrogen) atoms. The first-order valence-electron chi connectivity index (χ1n) is 7.17. The van der Waals surface area contributed by atoms with Gasteiger partial charge in [0.05, 0.1) is 0 Å². The lowest BCUT2D eigenvalue weighted by Crippen LogP contribution is -1.91. The average molecular weight is 241 g/mol. The quantitative estimate of drug-likeness (QED) is 0.357. The molecule has 0 bridgehead atoms. The molecule has 0 saturated carbocycles. The highest BCUT2D eigenvalue weighted by Crippen LogP contribution is 2.11. The third kappa shape index (κ3) is 13.2. The second-order valence-electron chi connectivity index (χ2n) is 4.77. The van der Waals surface area contributed by atoms with Crippen LogP contribution in [0.1, 0.15) is 84.0 Å². The number of rotatable bonds is 12. The average Bonchev–Trinajstić information content (AvgIpc) is 2.35. The van der Waals surface area contributed by atoms with Gasteiger partial charge in [-0.2, -0.15) is 0 Å². The van der Waals surface area contributed by atoms with E-state index >= 15 is 0 Å². The molecule has 0 aliphatic rings. The zero-order valence-electron chi connectivity index (χ0n) is 11.2. The second kappa shape index (κ2) is 13.3. The monoisotopic (exact) mass is 241 g/mol. The van der Waals surface area contributed by atoms with Gasteiger partial charge in [0.2, 0.25) is 0 Å². The molecule has 0 atom stereocenters. The number of carbonyl (C=O) groups is 1. The first kappa shape index (κ1) is 16.3. The highest BCUT2D eigenvalue weighted by atomic mass is 16.3. The fraction of sp³-hybridized carbons (Fsp3) is 0.929. The van der Waals surface area contributed by atoms with Crippen molar-refractivity contribution in [3.63, 3.8) is 0 Å². The van der Waals surface area contributed by atoms with Crippen LogP contribution in [0.2, 0.25) is 0 Å². The topological polar surface area (TPSA) is 46.5 Å². The van der Waals surface area contributed by atoms with E-state index < -0.39 is 5.91 Å². The van der Waals surface area contributed by atoms with Crippen molar-refractivity contribution in [1.29, 1.82) is 0 Å². The van der Waals surface area contributed by atoms with Crippen molar-refractivity contribution in [3.05, 3.63) is 4.91 Å². The highest BCUT2D eigenvalue weighted by Gasteiger charge is 1.99. The maximum atomic E-state index is 10.6. The van der Waals surface area contributed by atoms with E-state index in [1.54, 1.807) is 0 Å². The van der Waals surface area contributed by atoms with Gasteiger partial charge in [-0.1, -0.05) is 71.1 Å².